The van der Waals surface area contributed by atoms with Gasteiger partial charge >= 0.3 is 12.5 Å². The van der Waals surface area contributed by atoms with Crippen LogP contribution < -0.4 is 14.8 Å². The molecule has 14 heteroatoms. The molecule has 2 aromatic heterocycles. The predicted molar refractivity (Wildman–Crippen MR) is 107 cm³/mol. The van der Waals surface area contributed by atoms with E-state index in [4.69, 9.17) is 4.74 Å². The van der Waals surface area contributed by atoms with Crippen molar-refractivity contribution in [2.75, 3.05) is 5.32 Å². The van der Waals surface area contributed by atoms with E-state index in [0.29, 0.717) is 11.8 Å². The molecular weight excluding hydrogens is 543 g/mol. The Morgan fingerprint density at radius 3 is 2.21 bits per heavy atom. The molecule has 0 bridgehead atoms. The van der Waals surface area contributed by atoms with Crippen LogP contribution in [0.1, 0.15) is 21.6 Å². The van der Waals surface area contributed by atoms with Gasteiger partial charge in [0.2, 0.25) is 0 Å². The van der Waals surface area contributed by atoms with Gasteiger partial charge in [-0.05, 0) is 58.7 Å². The molecule has 6 nitrogen and oxygen atoms in total. The normalized spacial score (nSPS) is 11.8. The minimum atomic E-state index is -5.22. The number of hydrogen-bond acceptors (Lipinski definition) is 5. The van der Waals surface area contributed by atoms with Crippen molar-refractivity contribution in [3.8, 4) is 17.2 Å². The molecule has 180 valence electrons. The lowest BCUT2D eigenvalue weighted by Crippen LogP contribution is -2.20. The number of hydrogen-bond donors (Lipinski definition) is 1. The Morgan fingerprint density at radius 2 is 1.62 bits per heavy atom. The van der Waals surface area contributed by atoms with Crippen molar-refractivity contribution in [1.82, 2.24) is 9.97 Å². The van der Waals surface area contributed by atoms with Crippen molar-refractivity contribution in [2.24, 2.45) is 0 Å². The number of aromatic nitrogens is 2. The van der Waals surface area contributed by atoms with Crippen LogP contribution in [0.5, 0.6) is 17.2 Å². The van der Waals surface area contributed by atoms with Crippen molar-refractivity contribution in [1.29, 1.82) is 0 Å². The number of aryl methyl sites for hydroxylation is 1. The second-order valence-corrected chi connectivity index (χ2v) is 7.37. The smallest absolute Gasteiger partial charge is 0.455 e. The molecule has 0 unspecified atom stereocenters. The number of alkyl halides is 6. The summed E-state index contributed by atoms with van der Waals surface area (Å²) in [6, 6.07) is 5.00. The second kappa shape index (κ2) is 9.44. The molecule has 2 heterocycles. The Kier molecular flexibility index (Phi) is 7.00. The third-order valence-electron chi connectivity index (χ3n) is 4.08. The number of halogens is 8. The summed E-state index contributed by atoms with van der Waals surface area (Å²) in [6.07, 6.45) is -8.33. The van der Waals surface area contributed by atoms with Crippen LogP contribution in [-0.2, 0) is 6.18 Å². The maximum Gasteiger partial charge on any atom is 0.573 e. The molecule has 0 fully saturated rings. The minimum Gasteiger partial charge on any atom is -0.455 e. The summed E-state index contributed by atoms with van der Waals surface area (Å²) in [7, 11) is 0. The van der Waals surface area contributed by atoms with E-state index in [1.54, 1.807) is 6.92 Å². The van der Waals surface area contributed by atoms with Crippen LogP contribution in [0.2, 0.25) is 0 Å². The minimum absolute atomic E-state index is 0.122. The number of benzene rings is 1. The summed E-state index contributed by atoms with van der Waals surface area (Å²) in [6.45, 7) is 1.54. The van der Waals surface area contributed by atoms with E-state index in [1.165, 1.54) is 12.3 Å². The zero-order chi connectivity index (χ0) is 25.3. The highest BCUT2D eigenvalue weighted by Crippen LogP contribution is 2.36. The molecule has 1 aromatic carbocycles. The number of nitrogens with zero attached hydrogens (tertiary/aromatic N) is 2. The van der Waals surface area contributed by atoms with Crippen LogP contribution in [0.3, 0.4) is 0 Å². The molecule has 34 heavy (non-hydrogen) atoms. The Balaban J connectivity index is 1.99. The molecule has 0 saturated heterocycles. The second-order valence-electron chi connectivity index (χ2n) is 6.56. The molecule has 0 saturated carbocycles. The highest BCUT2D eigenvalue weighted by Gasteiger charge is 2.39. The van der Waals surface area contributed by atoms with Gasteiger partial charge in [-0.3, -0.25) is 4.79 Å². The van der Waals surface area contributed by atoms with Gasteiger partial charge in [-0.1, -0.05) is 0 Å². The Bertz CT molecular complexity index is 1220. The maximum absolute atomic E-state index is 14.8. The number of amides is 1. The standard InChI is InChI=1S/C20H11BrF7N3O3/c1-9-7-29-14(21)6-12(9)31-18(32)15-13(8-30-17(16(15)22)19(23,24)25)33-10-2-4-11(5-3-10)34-20(26,27)28/h2-8H,1H3,(H,29,31,32). The molecule has 3 aromatic rings. The lowest BCUT2D eigenvalue weighted by molar-refractivity contribution is -0.274. The fourth-order valence-electron chi connectivity index (χ4n) is 2.61. The molecule has 0 atom stereocenters. The number of rotatable bonds is 5. The summed E-state index contributed by atoms with van der Waals surface area (Å²) in [5.41, 5.74) is -2.53. The first kappa shape index (κ1) is 25.2. The van der Waals surface area contributed by atoms with Crippen molar-refractivity contribution >= 4 is 27.5 Å². The van der Waals surface area contributed by atoms with Crippen molar-refractivity contribution in [3.63, 3.8) is 0 Å². The monoisotopic (exact) mass is 553 g/mol. The molecule has 1 amide bonds. The number of nitrogens with one attached hydrogen (secondary N) is 1. The summed E-state index contributed by atoms with van der Waals surface area (Å²) in [4.78, 5) is 19.7. The van der Waals surface area contributed by atoms with Gasteiger partial charge in [0.1, 0.15) is 21.7 Å². The SMILES string of the molecule is Cc1cnc(Br)cc1NC(=O)c1c(Oc2ccc(OC(F)(F)F)cc2)cnc(C(F)(F)F)c1F. The van der Waals surface area contributed by atoms with Gasteiger partial charge in [-0.15, -0.1) is 13.2 Å². The van der Waals surface area contributed by atoms with Crippen molar-refractivity contribution in [2.45, 2.75) is 19.5 Å². The largest absolute Gasteiger partial charge is 0.573 e. The highest BCUT2D eigenvalue weighted by atomic mass is 79.9. The van der Waals surface area contributed by atoms with Gasteiger partial charge in [-0.25, -0.2) is 14.4 Å². The Labute approximate surface area is 194 Å². The molecule has 0 aliphatic rings. The van der Waals surface area contributed by atoms with E-state index >= 15 is 0 Å². The number of ether oxygens (including phenoxy) is 2. The van der Waals surface area contributed by atoms with E-state index < -0.39 is 47.0 Å². The average molecular weight is 554 g/mol. The van der Waals surface area contributed by atoms with E-state index in [9.17, 15) is 35.5 Å². The lowest BCUT2D eigenvalue weighted by Gasteiger charge is -2.16. The van der Waals surface area contributed by atoms with Crippen LogP contribution in [0.4, 0.5) is 36.4 Å². The molecule has 0 aliphatic carbocycles. The third-order valence-corrected chi connectivity index (χ3v) is 4.52. The first-order chi connectivity index (χ1) is 15.7. The quantitative estimate of drug-likeness (QED) is 0.283. The van der Waals surface area contributed by atoms with Gasteiger partial charge < -0.3 is 14.8 Å². The fourth-order valence-corrected chi connectivity index (χ4v) is 2.94. The average Bonchev–Trinajstić information content (AvgIpc) is 2.70. The Morgan fingerprint density at radius 1 is 1.00 bits per heavy atom. The van der Waals surface area contributed by atoms with Gasteiger partial charge in [0.05, 0.1) is 6.20 Å². The van der Waals surface area contributed by atoms with Crippen molar-refractivity contribution < 1.29 is 45.0 Å². The lowest BCUT2D eigenvalue weighted by atomic mass is 10.1. The Hall–Kier alpha value is -3.42. The van der Waals surface area contributed by atoms with Crippen molar-refractivity contribution in [3.05, 3.63) is 70.0 Å². The van der Waals surface area contributed by atoms with Gasteiger partial charge in [0, 0.05) is 11.9 Å². The highest BCUT2D eigenvalue weighted by molar-refractivity contribution is 9.10. The topological polar surface area (TPSA) is 73.3 Å². The molecule has 0 aliphatic heterocycles. The van der Waals surface area contributed by atoms with E-state index in [2.05, 4.69) is 36.0 Å². The molecule has 1 N–H and O–H groups in total. The van der Waals surface area contributed by atoms with Crippen LogP contribution in [0.15, 0.2) is 47.3 Å². The maximum atomic E-state index is 14.8. The van der Waals surface area contributed by atoms with E-state index in [1.807, 2.05) is 0 Å². The number of anilines is 1. The fraction of sp³-hybridized carbons (Fsp3) is 0.150. The summed E-state index contributed by atoms with van der Waals surface area (Å²) in [5.74, 6) is -4.83. The van der Waals surface area contributed by atoms with E-state index in [0.717, 1.165) is 24.3 Å². The molecule has 3 rings (SSSR count). The van der Waals surface area contributed by atoms with Gasteiger partial charge in [0.15, 0.2) is 17.3 Å². The van der Waals surface area contributed by atoms with Gasteiger partial charge in [-0.2, -0.15) is 13.2 Å². The van der Waals surface area contributed by atoms with Crippen LogP contribution >= 0.6 is 15.9 Å². The third kappa shape index (κ3) is 6.12. The van der Waals surface area contributed by atoms with Crippen LogP contribution in [0, 0.1) is 12.7 Å². The summed E-state index contributed by atoms with van der Waals surface area (Å²) in [5, 5.41) is 2.28. The summed E-state index contributed by atoms with van der Waals surface area (Å²) < 4.78 is 101. The number of pyridine rings is 2. The first-order valence-electron chi connectivity index (χ1n) is 8.97. The van der Waals surface area contributed by atoms with Crippen LogP contribution in [0.25, 0.3) is 0 Å². The number of carbonyl (C=O) groups excluding carboxylic acids is 1. The molecular formula is C20H11BrF7N3O3. The predicted octanol–water partition coefficient (Wildman–Crippen LogP) is 6.65. The van der Waals surface area contributed by atoms with Gasteiger partial charge in [0.25, 0.3) is 5.91 Å². The van der Waals surface area contributed by atoms with Crippen LogP contribution in [-0.4, -0.2) is 22.2 Å². The summed E-state index contributed by atoms with van der Waals surface area (Å²) >= 11 is 3.08. The molecule has 0 spiro atoms. The molecule has 0 radical (unpaired) electrons. The van der Waals surface area contributed by atoms with E-state index in [-0.39, 0.29) is 16.0 Å². The zero-order valence-corrected chi connectivity index (χ0v) is 18.3. The number of carbonyl (C=O) groups is 1. The first-order valence-corrected chi connectivity index (χ1v) is 9.77. The zero-order valence-electron chi connectivity index (χ0n) is 16.7.